The molecular formula is C19H25Cl3N6O3S. The van der Waals surface area contributed by atoms with Crippen LogP contribution < -0.4 is 15.4 Å². The molecule has 13 heteroatoms. The largest absolute Gasteiger partial charge is 0.370 e. The molecule has 3 rings (SSSR count). The second-order valence-electron chi connectivity index (χ2n) is 8.04. The molecule has 0 radical (unpaired) electrons. The van der Waals surface area contributed by atoms with Gasteiger partial charge >= 0.3 is 0 Å². The molecule has 0 bridgehead atoms. The Labute approximate surface area is 203 Å². The lowest BCUT2D eigenvalue weighted by atomic mass is 9.94. The summed E-state index contributed by atoms with van der Waals surface area (Å²) >= 11 is 11.4. The van der Waals surface area contributed by atoms with E-state index in [0.29, 0.717) is 18.3 Å². The van der Waals surface area contributed by atoms with Gasteiger partial charge in [-0.25, -0.2) is 19.7 Å². The number of anilines is 1. The molecule has 1 amide bonds. The molecule has 176 valence electrons. The van der Waals surface area contributed by atoms with E-state index in [1.807, 2.05) is 4.72 Å². The lowest BCUT2D eigenvalue weighted by molar-refractivity contribution is 0.0980. The number of halogens is 3. The van der Waals surface area contributed by atoms with E-state index < -0.39 is 15.9 Å². The number of hydrogen-bond acceptors (Lipinski definition) is 8. The monoisotopic (exact) mass is 522 g/mol. The molecule has 9 nitrogen and oxygen atoms in total. The summed E-state index contributed by atoms with van der Waals surface area (Å²) in [6.07, 6.45) is 4.20. The van der Waals surface area contributed by atoms with Crippen LogP contribution in [0.1, 0.15) is 43.5 Å². The van der Waals surface area contributed by atoms with Crippen LogP contribution in [-0.4, -0.2) is 47.9 Å². The second kappa shape index (κ2) is 10.9. The van der Waals surface area contributed by atoms with Gasteiger partial charge in [0, 0.05) is 18.3 Å². The smallest absolute Gasteiger partial charge is 0.281 e. The predicted octanol–water partition coefficient (Wildman–Crippen LogP) is 3.30. The summed E-state index contributed by atoms with van der Waals surface area (Å²) in [7, 11) is -4.22. The van der Waals surface area contributed by atoms with Crippen LogP contribution in [0.15, 0.2) is 29.4 Å². The van der Waals surface area contributed by atoms with Crippen LogP contribution >= 0.6 is 35.6 Å². The van der Waals surface area contributed by atoms with Crippen molar-refractivity contribution < 1.29 is 13.2 Å². The minimum atomic E-state index is -4.22. The van der Waals surface area contributed by atoms with Crippen molar-refractivity contribution in [3.8, 4) is 0 Å². The number of sulfonamides is 1. The van der Waals surface area contributed by atoms with Crippen LogP contribution in [0.3, 0.4) is 0 Å². The van der Waals surface area contributed by atoms with Crippen LogP contribution in [0.5, 0.6) is 0 Å². The van der Waals surface area contributed by atoms with E-state index in [1.54, 1.807) is 12.1 Å². The summed E-state index contributed by atoms with van der Waals surface area (Å²) in [6.45, 7) is 6.08. The van der Waals surface area contributed by atoms with E-state index in [1.165, 1.54) is 6.07 Å². The molecule has 0 unspecified atom stereocenters. The number of amides is 1. The van der Waals surface area contributed by atoms with Crippen LogP contribution in [-0.2, 0) is 10.0 Å². The number of pyridine rings is 1. The fourth-order valence-corrected chi connectivity index (χ4v) is 4.81. The highest BCUT2D eigenvalue weighted by atomic mass is 35.5. The number of aromatic nitrogens is 3. The Morgan fingerprint density at radius 2 is 2.03 bits per heavy atom. The Morgan fingerprint density at radius 3 is 2.69 bits per heavy atom. The highest BCUT2D eigenvalue weighted by Gasteiger charge is 2.29. The predicted molar refractivity (Wildman–Crippen MR) is 126 cm³/mol. The third kappa shape index (κ3) is 7.14. The molecular weight excluding hydrogens is 499 g/mol. The second-order valence-corrected chi connectivity index (χ2v) is 10.4. The summed E-state index contributed by atoms with van der Waals surface area (Å²) in [5.74, 6) is 0.0679. The van der Waals surface area contributed by atoms with E-state index in [-0.39, 0.29) is 39.0 Å². The quantitative estimate of drug-likeness (QED) is 0.273. The van der Waals surface area contributed by atoms with Crippen molar-refractivity contribution >= 4 is 57.4 Å². The van der Waals surface area contributed by atoms with Gasteiger partial charge in [0.15, 0.2) is 5.03 Å². The first-order chi connectivity index (χ1) is 14.6. The van der Waals surface area contributed by atoms with Gasteiger partial charge in [0.25, 0.3) is 15.9 Å². The third-order valence-electron chi connectivity index (χ3n) is 4.95. The fraction of sp³-hybridized carbons (Fsp3) is 0.474. The van der Waals surface area contributed by atoms with E-state index in [0.717, 1.165) is 32.0 Å². The van der Waals surface area contributed by atoms with Crippen LogP contribution in [0, 0.1) is 5.92 Å². The summed E-state index contributed by atoms with van der Waals surface area (Å²) in [4.78, 5) is 23.7. The van der Waals surface area contributed by atoms with Gasteiger partial charge < -0.3 is 10.6 Å². The molecule has 1 atom stereocenters. The molecule has 2 aromatic heterocycles. The maximum absolute atomic E-state index is 12.6. The van der Waals surface area contributed by atoms with Gasteiger partial charge in [-0.05, 0) is 69.3 Å². The summed E-state index contributed by atoms with van der Waals surface area (Å²) < 4.78 is 27.1. The molecule has 2 aromatic rings. The first kappa shape index (κ1) is 26.5. The first-order valence-corrected chi connectivity index (χ1v) is 12.0. The number of carbonyl (C=O) groups excluding carboxylic acids is 1. The van der Waals surface area contributed by atoms with Gasteiger partial charge in [-0.15, -0.1) is 12.4 Å². The highest BCUT2D eigenvalue weighted by Crippen LogP contribution is 2.26. The third-order valence-corrected chi connectivity index (χ3v) is 6.65. The molecule has 0 aliphatic carbocycles. The summed E-state index contributed by atoms with van der Waals surface area (Å²) in [5, 5.41) is 5.94. The van der Waals surface area contributed by atoms with Crippen molar-refractivity contribution in [2.24, 2.45) is 5.92 Å². The van der Waals surface area contributed by atoms with Crippen molar-refractivity contribution in [3.63, 3.8) is 0 Å². The number of hydrogen-bond donors (Lipinski definition) is 3. The van der Waals surface area contributed by atoms with Gasteiger partial charge in [-0.2, -0.15) is 8.42 Å². The number of nitrogens with zero attached hydrogens (tertiary/aromatic N) is 3. The normalized spacial score (nSPS) is 17.4. The Hall–Kier alpha value is -1.72. The van der Waals surface area contributed by atoms with Crippen molar-refractivity contribution in [3.05, 3.63) is 40.4 Å². The zero-order valence-electron chi connectivity index (χ0n) is 17.6. The van der Waals surface area contributed by atoms with Gasteiger partial charge in [0.1, 0.15) is 11.0 Å². The van der Waals surface area contributed by atoms with Gasteiger partial charge in [-0.3, -0.25) is 4.79 Å². The van der Waals surface area contributed by atoms with Crippen LogP contribution in [0.4, 0.5) is 5.82 Å². The SMILES string of the molecule is CC1(C)C[C@H](CCCNc2cccc(S(=O)(=O)NC(=O)c3cnc(Cl)nc3Cl)n2)CN1.Cl. The molecule has 0 saturated carbocycles. The van der Waals surface area contributed by atoms with E-state index in [4.69, 9.17) is 23.2 Å². The fourth-order valence-electron chi connectivity index (χ4n) is 3.48. The van der Waals surface area contributed by atoms with Crippen LogP contribution in [0.2, 0.25) is 10.4 Å². The molecule has 1 aliphatic heterocycles. The zero-order chi connectivity index (χ0) is 22.6. The minimum Gasteiger partial charge on any atom is -0.370 e. The molecule has 1 saturated heterocycles. The molecule has 1 fully saturated rings. The Balaban J connectivity index is 0.00000363. The average Bonchev–Trinajstić information content (AvgIpc) is 3.03. The number of nitrogens with one attached hydrogen (secondary N) is 3. The van der Waals surface area contributed by atoms with Crippen molar-refractivity contribution in [2.75, 3.05) is 18.4 Å². The van der Waals surface area contributed by atoms with E-state index in [2.05, 4.69) is 39.4 Å². The Bertz CT molecular complexity index is 1070. The maximum atomic E-state index is 12.6. The molecule has 3 N–H and O–H groups in total. The zero-order valence-corrected chi connectivity index (χ0v) is 20.7. The lowest BCUT2D eigenvalue weighted by Crippen LogP contribution is -2.31. The number of rotatable bonds is 8. The minimum absolute atomic E-state index is 0. The number of carbonyl (C=O) groups is 1. The van der Waals surface area contributed by atoms with E-state index in [9.17, 15) is 13.2 Å². The average molecular weight is 524 g/mol. The molecule has 0 aromatic carbocycles. The van der Waals surface area contributed by atoms with Crippen molar-refractivity contribution in [1.29, 1.82) is 0 Å². The molecule has 0 spiro atoms. The van der Waals surface area contributed by atoms with Gasteiger partial charge in [0.2, 0.25) is 5.28 Å². The van der Waals surface area contributed by atoms with Gasteiger partial charge in [0.05, 0.1) is 5.56 Å². The standard InChI is InChI=1S/C19H24Cl2N6O3S.ClH/c1-19(2)9-12(10-24-19)5-4-8-22-14-6-3-7-15(25-14)31(29,30)27-17(28)13-11-23-18(21)26-16(13)20;/h3,6-7,11-12,24H,4-5,8-10H2,1-2H3,(H,22,25)(H,27,28);1H/t12-;/m0./s1. The summed E-state index contributed by atoms with van der Waals surface area (Å²) in [6, 6.07) is 4.52. The topological polar surface area (TPSA) is 126 Å². The van der Waals surface area contributed by atoms with Crippen molar-refractivity contribution in [2.45, 2.75) is 43.7 Å². The molecule has 1 aliphatic rings. The van der Waals surface area contributed by atoms with Crippen molar-refractivity contribution in [1.82, 2.24) is 25.0 Å². The van der Waals surface area contributed by atoms with Gasteiger partial charge in [-0.1, -0.05) is 17.7 Å². The lowest BCUT2D eigenvalue weighted by Gasteiger charge is -2.17. The van der Waals surface area contributed by atoms with E-state index >= 15 is 0 Å². The highest BCUT2D eigenvalue weighted by molar-refractivity contribution is 7.90. The summed E-state index contributed by atoms with van der Waals surface area (Å²) in [5.41, 5.74) is -0.0247. The molecule has 32 heavy (non-hydrogen) atoms. The molecule has 3 heterocycles. The van der Waals surface area contributed by atoms with Crippen LogP contribution in [0.25, 0.3) is 0 Å². The Kier molecular flexibility index (Phi) is 9.06. The Morgan fingerprint density at radius 1 is 1.28 bits per heavy atom. The maximum Gasteiger partial charge on any atom is 0.281 e. The first-order valence-electron chi connectivity index (χ1n) is 9.77.